The highest BCUT2D eigenvalue weighted by atomic mass is 16.3. The second-order valence-electron chi connectivity index (χ2n) is 1.85. The largest absolute Gasteiger partial charge is 0.512 e. The smallest absolute Gasteiger partial charge is 0.0966 e. The van der Waals surface area contributed by atoms with Gasteiger partial charge >= 0.3 is 0 Å². The summed E-state index contributed by atoms with van der Waals surface area (Å²) >= 11 is 0. The summed E-state index contributed by atoms with van der Waals surface area (Å²) in [7, 11) is 0. The van der Waals surface area contributed by atoms with E-state index in [1.165, 1.54) is 0 Å². The van der Waals surface area contributed by atoms with Crippen molar-refractivity contribution in [3.05, 3.63) is 36.1 Å². The molecule has 0 saturated heterocycles. The van der Waals surface area contributed by atoms with E-state index in [0.29, 0.717) is 12.2 Å². The molecule has 0 aromatic rings. The molecule has 1 rings (SSSR count). The predicted molar refractivity (Wildman–Crippen MR) is 33.6 cm³/mol. The minimum Gasteiger partial charge on any atom is -0.512 e. The van der Waals surface area contributed by atoms with Gasteiger partial charge in [-0.3, -0.25) is 0 Å². The predicted octanol–water partition coefficient (Wildman–Crippen LogP) is 1.94. The number of allylic oxidation sites excluding steroid dienone is 4. The molecule has 1 aliphatic rings. The van der Waals surface area contributed by atoms with Crippen LogP contribution in [-0.2, 0) is 0 Å². The standard InChI is InChI=1S/C7H8O/c1-6-3-2-4-7(8)5-6/h2-4,8H,1,5H2. The quantitative estimate of drug-likeness (QED) is 0.502. The lowest BCUT2D eigenvalue weighted by Crippen LogP contribution is -1.86. The number of rotatable bonds is 0. The SMILES string of the molecule is C=C1C=CC=C(O)C1. The van der Waals surface area contributed by atoms with Gasteiger partial charge in [-0.1, -0.05) is 18.7 Å². The first-order valence-corrected chi connectivity index (χ1v) is 2.53. The van der Waals surface area contributed by atoms with E-state index in [9.17, 15) is 0 Å². The summed E-state index contributed by atoms with van der Waals surface area (Å²) in [5, 5.41) is 8.83. The van der Waals surface area contributed by atoms with Crippen molar-refractivity contribution in [3.8, 4) is 0 Å². The Labute approximate surface area is 48.6 Å². The van der Waals surface area contributed by atoms with Crippen LogP contribution in [-0.4, -0.2) is 5.11 Å². The first-order valence-electron chi connectivity index (χ1n) is 2.53. The van der Waals surface area contributed by atoms with E-state index in [1.54, 1.807) is 12.2 Å². The van der Waals surface area contributed by atoms with Gasteiger partial charge in [0.15, 0.2) is 0 Å². The van der Waals surface area contributed by atoms with Crippen LogP contribution in [0.2, 0.25) is 0 Å². The number of aliphatic hydroxyl groups is 1. The molecule has 42 valence electrons. The number of hydrogen-bond donors (Lipinski definition) is 1. The zero-order valence-corrected chi connectivity index (χ0v) is 4.59. The molecule has 1 heteroatoms. The maximum Gasteiger partial charge on any atom is 0.0966 e. The Morgan fingerprint density at radius 2 is 2.38 bits per heavy atom. The Morgan fingerprint density at radius 3 is 2.75 bits per heavy atom. The van der Waals surface area contributed by atoms with Gasteiger partial charge in [0.2, 0.25) is 0 Å². The van der Waals surface area contributed by atoms with E-state index in [0.717, 1.165) is 5.57 Å². The second kappa shape index (κ2) is 1.86. The minimum absolute atomic E-state index is 0.400. The van der Waals surface area contributed by atoms with Crippen molar-refractivity contribution in [2.75, 3.05) is 0 Å². The fourth-order valence-corrected chi connectivity index (χ4v) is 0.646. The number of aliphatic hydroxyl groups excluding tert-OH is 1. The summed E-state index contributed by atoms with van der Waals surface area (Å²) in [5.41, 5.74) is 0.963. The Balaban J connectivity index is 2.73. The number of hydrogen-bond acceptors (Lipinski definition) is 1. The molecule has 0 saturated carbocycles. The van der Waals surface area contributed by atoms with Crippen molar-refractivity contribution in [1.29, 1.82) is 0 Å². The summed E-state index contributed by atoms with van der Waals surface area (Å²) in [6, 6.07) is 0. The second-order valence-corrected chi connectivity index (χ2v) is 1.85. The normalized spacial score (nSPS) is 18.5. The van der Waals surface area contributed by atoms with Gasteiger partial charge < -0.3 is 5.11 Å². The van der Waals surface area contributed by atoms with Crippen LogP contribution in [0, 0.1) is 0 Å². The van der Waals surface area contributed by atoms with Crippen LogP contribution >= 0.6 is 0 Å². The van der Waals surface area contributed by atoms with Crippen LogP contribution in [0.4, 0.5) is 0 Å². The molecule has 0 atom stereocenters. The molecule has 0 radical (unpaired) electrons. The van der Waals surface area contributed by atoms with E-state index in [-0.39, 0.29) is 0 Å². The summed E-state index contributed by atoms with van der Waals surface area (Å²) in [6.07, 6.45) is 5.96. The van der Waals surface area contributed by atoms with E-state index < -0.39 is 0 Å². The molecule has 1 nitrogen and oxygen atoms in total. The highest BCUT2D eigenvalue weighted by Gasteiger charge is 1.96. The van der Waals surface area contributed by atoms with Crippen molar-refractivity contribution in [3.63, 3.8) is 0 Å². The van der Waals surface area contributed by atoms with E-state index in [1.807, 2.05) is 6.08 Å². The lowest BCUT2D eigenvalue weighted by molar-refractivity contribution is 0.398. The molecule has 0 aliphatic heterocycles. The molecule has 0 bridgehead atoms. The third-order valence-electron chi connectivity index (χ3n) is 1.03. The third-order valence-corrected chi connectivity index (χ3v) is 1.03. The molecular weight excluding hydrogens is 100 g/mol. The third kappa shape index (κ3) is 0.997. The van der Waals surface area contributed by atoms with Gasteiger partial charge in [0.25, 0.3) is 0 Å². The molecule has 8 heavy (non-hydrogen) atoms. The first-order chi connectivity index (χ1) is 3.79. The molecule has 1 aliphatic carbocycles. The van der Waals surface area contributed by atoms with Crippen LogP contribution in [0.3, 0.4) is 0 Å². The van der Waals surface area contributed by atoms with Gasteiger partial charge in [0.05, 0.1) is 5.76 Å². The molecular formula is C7H8O. The topological polar surface area (TPSA) is 20.2 Å². The van der Waals surface area contributed by atoms with Gasteiger partial charge in [-0.05, 0) is 11.6 Å². The maximum absolute atomic E-state index is 8.83. The van der Waals surface area contributed by atoms with E-state index in [4.69, 9.17) is 5.11 Å². The lowest BCUT2D eigenvalue weighted by Gasteiger charge is -2.01. The molecule has 0 heterocycles. The zero-order chi connectivity index (χ0) is 5.98. The van der Waals surface area contributed by atoms with Crippen LogP contribution in [0.15, 0.2) is 36.1 Å². The van der Waals surface area contributed by atoms with Gasteiger partial charge in [-0.2, -0.15) is 0 Å². The molecule has 0 aromatic heterocycles. The fraction of sp³-hybridized carbons (Fsp3) is 0.143. The maximum atomic E-state index is 8.83. The van der Waals surface area contributed by atoms with E-state index >= 15 is 0 Å². The van der Waals surface area contributed by atoms with Crippen molar-refractivity contribution in [1.82, 2.24) is 0 Å². The Morgan fingerprint density at radius 1 is 1.62 bits per heavy atom. The molecule has 0 fully saturated rings. The molecule has 0 spiro atoms. The Hall–Kier alpha value is -0.980. The summed E-state index contributed by atoms with van der Waals surface area (Å²) in [4.78, 5) is 0. The van der Waals surface area contributed by atoms with Gasteiger partial charge in [-0.15, -0.1) is 0 Å². The lowest BCUT2D eigenvalue weighted by atomic mass is 10.1. The van der Waals surface area contributed by atoms with Crippen molar-refractivity contribution in [2.24, 2.45) is 0 Å². The van der Waals surface area contributed by atoms with Crippen LogP contribution < -0.4 is 0 Å². The van der Waals surface area contributed by atoms with Gasteiger partial charge in [0, 0.05) is 6.42 Å². The minimum atomic E-state index is 0.400. The average molecular weight is 108 g/mol. The zero-order valence-electron chi connectivity index (χ0n) is 4.59. The highest BCUT2D eigenvalue weighted by Crippen LogP contribution is 2.12. The molecule has 0 amide bonds. The molecule has 1 N–H and O–H groups in total. The first kappa shape index (κ1) is 5.16. The molecule has 0 unspecified atom stereocenters. The van der Waals surface area contributed by atoms with Crippen molar-refractivity contribution < 1.29 is 5.11 Å². The van der Waals surface area contributed by atoms with Gasteiger partial charge in [0.1, 0.15) is 0 Å². The van der Waals surface area contributed by atoms with Crippen LogP contribution in [0.25, 0.3) is 0 Å². The van der Waals surface area contributed by atoms with Gasteiger partial charge in [-0.25, -0.2) is 0 Å². The average Bonchev–Trinajstić information content (AvgIpc) is 1.64. The van der Waals surface area contributed by atoms with Crippen LogP contribution in [0.5, 0.6) is 0 Å². The van der Waals surface area contributed by atoms with E-state index in [2.05, 4.69) is 6.58 Å². The summed E-state index contributed by atoms with van der Waals surface area (Å²) in [5.74, 6) is 0.400. The monoisotopic (exact) mass is 108 g/mol. The summed E-state index contributed by atoms with van der Waals surface area (Å²) < 4.78 is 0. The fourth-order valence-electron chi connectivity index (χ4n) is 0.646. The molecule has 0 aromatic carbocycles. The Bertz CT molecular complexity index is 163. The highest BCUT2D eigenvalue weighted by molar-refractivity contribution is 5.29. The van der Waals surface area contributed by atoms with Crippen molar-refractivity contribution >= 4 is 0 Å². The van der Waals surface area contributed by atoms with Crippen LogP contribution in [0.1, 0.15) is 6.42 Å². The summed E-state index contributed by atoms with van der Waals surface area (Å²) in [6.45, 7) is 3.68. The Kier molecular flexibility index (Phi) is 1.20. The van der Waals surface area contributed by atoms with Crippen molar-refractivity contribution in [2.45, 2.75) is 6.42 Å².